The second kappa shape index (κ2) is 7.91. The van der Waals surface area contributed by atoms with E-state index in [4.69, 9.17) is 0 Å². The molecular weight excluding hydrogens is 348 g/mol. The van der Waals surface area contributed by atoms with Crippen LogP contribution in [-0.4, -0.2) is 26.6 Å². The number of nitrogens with one attached hydrogen (secondary N) is 1. The van der Waals surface area contributed by atoms with Gasteiger partial charge in [-0.25, -0.2) is 8.42 Å². The molecule has 0 heterocycles. The maximum absolute atomic E-state index is 12.9. The molecule has 1 atom stereocenters. The van der Waals surface area contributed by atoms with E-state index in [1.54, 1.807) is 25.1 Å². The summed E-state index contributed by atoms with van der Waals surface area (Å²) in [5.74, 6) is -0.360. The number of para-hydroxylation sites is 1. The van der Waals surface area contributed by atoms with Gasteiger partial charge < -0.3 is 5.32 Å². The average Bonchev–Trinajstić information content (AvgIpc) is 2.55. The highest BCUT2D eigenvalue weighted by Gasteiger charge is 2.29. The van der Waals surface area contributed by atoms with Gasteiger partial charge in [-0.2, -0.15) is 0 Å². The van der Waals surface area contributed by atoms with E-state index < -0.39 is 16.1 Å². The second-order valence-electron chi connectivity index (χ2n) is 6.53. The van der Waals surface area contributed by atoms with E-state index in [-0.39, 0.29) is 5.91 Å². The molecule has 0 bridgehead atoms. The zero-order chi connectivity index (χ0) is 19.5. The predicted molar refractivity (Wildman–Crippen MR) is 107 cm³/mol. The van der Waals surface area contributed by atoms with Crippen molar-refractivity contribution in [3.05, 3.63) is 59.2 Å². The first kappa shape index (κ1) is 20.0. The minimum atomic E-state index is -3.62. The number of hydrogen-bond acceptors (Lipinski definition) is 3. The summed E-state index contributed by atoms with van der Waals surface area (Å²) in [6.07, 6.45) is 1.89. The Bertz CT molecular complexity index is 907. The molecule has 0 aromatic heterocycles. The maximum Gasteiger partial charge on any atom is 0.248 e. The number of benzene rings is 2. The predicted octanol–water partition coefficient (Wildman–Crippen LogP) is 3.66. The number of amides is 1. The molecule has 0 aliphatic rings. The van der Waals surface area contributed by atoms with E-state index >= 15 is 0 Å². The highest BCUT2D eigenvalue weighted by molar-refractivity contribution is 7.92. The van der Waals surface area contributed by atoms with E-state index in [9.17, 15) is 13.2 Å². The highest BCUT2D eigenvalue weighted by Crippen LogP contribution is 2.25. The Kier molecular flexibility index (Phi) is 6.08. The number of carbonyl (C=O) groups is 1. The molecule has 2 rings (SSSR count). The summed E-state index contributed by atoms with van der Waals surface area (Å²) in [5.41, 5.74) is 4.13. The Hall–Kier alpha value is -2.34. The summed E-state index contributed by atoms with van der Waals surface area (Å²) in [6.45, 7) is 7.43. The molecule has 2 aromatic carbocycles. The van der Waals surface area contributed by atoms with Crippen LogP contribution in [0.3, 0.4) is 0 Å². The Balaban J connectivity index is 2.38. The van der Waals surface area contributed by atoms with Crippen LogP contribution in [0.2, 0.25) is 0 Å². The monoisotopic (exact) mass is 374 g/mol. The van der Waals surface area contributed by atoms with Crippen molar-refractivity contribution in [2.75, 3.05) is 15.9 Å². The molecule has 0 aliphatic carbocycles. The largest absolute Gasteiger partial charge is 0.324 e. The number of hydrogen-bond donors (Lipinski definition) is 1. The van der Waals surface area contributed by atoms with Crippen molar-refractivity contribution < 1.29 is 13.2 Å². The van der Waals surface area contributed by atoms with E-state index in [2.05, 4.69) is 5.32 Å². The van der Waals surface area contributed by atoms with Crippen molar-refractivity contribution in [1.82, 2.24) is 0 Å². The van der Waals surface area contributed by atoms with Crippen LogP contribution < -0.4 is 9.62 Å². The van der Waals surface area contributed by atoms with Crippen LogP contribution in [0.4, 0.5) is 11.4 Å². The molecule has 1 unspecified atom stereocenters. The van der Waals surface area contributed by atoms with Gasteiger partial charge in [0.1, 0.15) is 6.04 Å². The third kappa shape index (κ3) is 4.43. The SMILES string of the molecule is CCc1cccc(C)c1NC(=O)C(C)N(c1cccc(C)c1)S(C)(=O)=O. The second-order valence-corrected chi connectivity index (χ2v) is 8.39. The zero-order valence-corrected chi connectivity index (χ0v) is 16.7. The number of aryl methyl sites for hydroxylation is 3. The van der Waals surface area contributed by atoms with Crippen LogP contribution in [0.15, 0.2) is 42.5 Å². The fourth-order valence-electron chi connectivity index (χ4n) is 3.00. The van der Waals surface area contributed by atoms with E-state index in [1.807, 2.05) is 45.0 Å². The lowest BCUT2D eigenvalue weighted by atomic mass is 10.1. The highest BCUT2D eigenvalue weighted by atomic mass is 32.2. The van der Waals surface area contributed by atoms with Gasteiger partial charge in [-0.15, -0.1) is 0 Å². The Morgan fingerprint density at radius 3 is 2.38 bits per heavy atom. The maximum atomic E-state index is 12.9. The molecule has 26 heavy (non-hydrogen) atoms. The van der Waals surface area contributed by atoms with Gasteiger partial charge in [0, 0.05) is 5.69 Å². The van der Waals surface area contributed by atoms with Crippen LogP contribution in [0.25, 0.3) is 0 Å². The fraction of sp³-hybridized carbons (Fsp3) is 0.350. The summed E-state index contributed by atoms with van der Waals surface area (Å²) in [4.78, 5) is 12.9. The number of anilines is 2. The van der Waals surface area contributed by atoms with Crippen molar-refractivity contribution >= 4 is 27.3 Å². The van der Waals surface area contributed by atoms with E-state index in [1.165, 1.54) is 4.31 Å². The lowest BCUT2D eigenvalue weighted by Gasteiger charge is -2.29. The van der Waals surface area contributed by atoms with Crippen LogP contribution in [0, 0.1) is 13.8 Å². The molecule has 1 amide bonds. The number of nitrogens with zero attached hydrogens (tertiary/aromatic N) is 1. The third-order valence-electron chi connectivity index (χ3n) is 4.33. The lowest BCUT2D eigenvalue weighted by Crippen LogP contribution is -2.45. The molecule has 0 saturated heterocycles. The molecule has 0 aliphatic heterocycles. The summed E-state index contributed by atoms with van der Waals surface area (Å²) in [7, 11) is -3.62. The molecular formula is C20H26N2O3S. The smallest absolute Gasteiger partial charge is 0.248 e. The van der Waals surface area contributed by atoms with Gasteiger partial charge in [-0.3, -0.25) is 9.10 Å². The van der Waals surface area contributed by atoms with Crippen molar-refractivity contribution in [1.29, 1.82) is 0 Å². The topological polar surface area (TPSA) is 66.5 Å². The number of carbonyl (C=O) groups excluding carboxylic acids is 1. The van der Waals surface area contributed by atoms with Gasteiger partial charge in [0.2, 0.25) is 15.9 Å². The first-order chi connectivity index (χ1) is 12.1. The molecule has 0 fully saturated rings. The van der Waals surface area contributed by atoms with Crippen LogP contribution in [0.5, 0.6) is 0 Å². The quantitative estimate of drug-likeness (QED) is 0.839. The molecule has 5 nitrogen and oxygen atoms in total. The van der Waals surface area contributed by atoms with E-state index in [0.29, 0.717) is 5.69 Å². The van der Waals surface area contributed by atoms with Gasteiger partial charge in [0.25, 0.3) is 0 Å². The molecule has 0 radical (unpaired) electrons. The van der Waals surface area contributed by atoms with Crippen LogP contribution in [0.1, 0.15) is 30.5 Å². The Labute approximate surface area is 156 Å². The van der Waals surface area contributed by atoms with Crippen LogP contribution >= 0.6 is 0 Å². The lowest BCUT2D eigenvalue weighted by molar-refractivity contribution is -0.116. The molecule has 6 heteroatoms. The Morgan fingerprint density at radius 1 is 1.15 bits per heavy atom. The van der Waals surface area contributed by atoms with E-state index in [0.717, 1.165) is 35.1 Å². The third-order valence-corrected chi connectivity index (χ3v) is 5.57. The zero-order valence-electron chi connectivity index (χ0n) is 15.9. The Morgan fingerprint density at radius 2 is 1.81 bits per heavy atom. The van der Waals surface area contributed by atoms with Gasteiger partial charge in [-0.1, -0.05) is 37.3 Å². The average molecular weight is 375 g/mol. The van der Waals surface area contributed by atoms with Crippen molar-refractivity contribution in [3.8, 4) is 0 Å². The van der Waals surface area contributed by atoms with Gasteiger partial charge in [0.15, 0.2) is 0 Å². The first-order valence-electron chi connectivity index (χ1n) is 8.60. The van der Waals surface area contributed by atoms with Crippen molar-refractivity contribution in [3.63, 3.8) is 0 Å². The number of sulfonamides is 1. The normalized spacial score (nSPS) is 12.5. The minimum absolute atomic E-state index is 0.360. The summed E-state index contributed by atoms with van der Waals surface area (Å²) in [5, 5.41) is 2.92. The van der Waals surface area contributed by atoms with Crippen molar-refractivity contribution in [2.45, 2.75) is 40.2 Å². The summed E-state index contributed by atoms with van der Waals surface area (Å²) < 4.78 is 25.9. The summed E-state index contributed by atoms with van der Waals surface area (Å²) in [6, 6.07) is 12.1. The molecule has 0 saturated carbocycles. The summed E-state index contributed by atoms with van der Waals surface area (Å²) >= 11 is 0. The minimum Gasteiger partial charge on any atom is -0.324 e. The standard InChI is InChI=1S/C20H26N2O3S/c1-6-17-11-8-10-15(3)19(17)21-20(23)16(4)22(26(5,24)25)18-12-7-9-14(2)13-18/h7-13,16H,6H2,1-5H3,(H,21,23). The molecule has 0 spiro atoms. The number of rotatable bonds is 6. The molecule has 1 N–H and O–H groups in total. The van der Waals surface area contributed by atoms with Gasteiger partial charge >= 0.3 is 0 Å². The van der Waals surface area contributed by atoms with Gasteiger partial charge in [-0.05, 0) is 56.0 Å². The fourth-order valence-corrected chi connectivity index (χ4v) is 4.17. The van der Waals surface area contributed by atoms with Crippen LogP contribution in [-0.2, 0) is 21.2 Å². The van der Waals surface area contributed by atoms with Gasteiger partial charge in [0.05, 0.1) is 11.9 Å². The molecule has 2 aromatic rings. The first-order valence-corrected chi connectivity index (χ1v) is 10.5. The van der Waals surface area contributed by atoms with Crippen molar-refractivity contribution in [2.24, 2.45) is 0 Å². The molecule has 140 valence electrons.